The number of hydrogen-bond acceptors (Lipinski definition) is 8. The van der Waals surface area contributed by atoms with E-state index in [9.17, 15) is 24.6 Å². The normalized spacial score (nSPS) is 22.8. The zero-order valence-corrected chi connectivity index (χ0v) is 24.0. The minimum atomic E-state index is -1.17. The third-order valence-electron chi connectivity index (χ3n) is 8.53. The summed E-state index contributed by atoms with van der Waals surface area (Å²) in [4.78, 5) is 40.9. The number of amides is 2. The summed E-state index contributed by atoms with van der Waals surface area (Å²) in [6.45, 7) is 0.101. The molecule has 5 rings (SSSR count). The van der Waals surface area contributed by atoms with Gasteiger partial charge in [0.15, 0.2) is 11.5 Å². The number of methoxy groups -OCH3 is 2. The zero-order valence-electron chi connectivity index (χ0n) is 24.0. The van der Waals surface area contributed by atoms with E-state index in [0.717, 1.165) is 31.2 Å². The second-order valence-corrected chi connectivity index (χ2v) is 11.0. The maximum atomic E-state index is 14.0. The molecule has 0 saturated heterocycles. The molecule has 3 aliphatic rings. The number of rotatable bonds is 11. The predicted molar refractivity (Wildman–Crippen MR) is 154 cm³/mol. The van der Waals surface area contributed by atoms with Gasteiger partial charge in [-0.05, 0) is 55.2 Å². The van der Waals surface area contributed by atoms with E-state index in [2.05, 4.69) is 5.32 Å². The van der Waals surface area contributed by atoms with Crippen molar-refractivity contribution in [1.82, 2.24) is 10.2 Å². The molecule has 0 bridgehead atoms. The van der Waals surface area contributed by atoms with Crippen LogP contribution in [0.25, 0.3) is 0 Å². The molecule has 42 heavy (non-hydrogen) atoms. The molecule has 10 heteroatoms. The van der Waals surface area contributed by atoms with Crippen molar-refractivity contribution in [2.24, 2.45) is 5.92 Å². The standard InChI is InChI=1S/C32H38N2O8/c1-40-22-9-5-6-19(14-22)10-12-34(32(39)21-7-3-4-8-21)25-17-24(31(38)33-11-13-35)27-23-15-20(18-36)16-26(41-2)29(23)42-30(27)28(25)37/h5-6,9,14-18,21,25,27-28,30,35,37H,3-4,7-8,10-13H2,1-2H3,(H,33,38). The Balaban J connectivity index is 1.55. The number of aldehydes is 1. The van der Waals surface area contributed by atoms with Gasteiger partial charge in [-0.15, -0.1) is 0 Å². The van der Waals surface area contributed by atoms with Gasteiger partial charge in [0, 0.05) is 35.7 Å². The Kier molecular flexibility index (Phi) is 9.13. The van der Waals surface area contributed by atoms with Crippen LogP contribution in [-0.2, 0) is 16.0 Å². The van der Waals surface area contributed by atoms with Crippen molar-refractivity contribution in [3.63, 3.8) is 0 Å². The van der Waals surface area contributed by atoms with E-state index in [1.165, 1.54) is 7.11 Å². The quantitative estimate of drug-likeness (QED) is 0.346. The molecule has 1 heterocycles. The second-order valence-electron chi connectivity index (χ2n) is 11.0. The number of benzene rings is 2. The van der Waals surface area contributed by atoms with Gasteiger partial charge in [-0.2, -0.15) is 0 Å². The first-order valence-electron chi connectivity index (χ1n) is 14.5. The largest absolute Gasteiger partial charge is 0.497 e. The molecule has 224 valence electrons. The minimum absolute atomic E-state index is 0.0345. The summed E-state index contributed by atoms with van der Waals surface area (Å²) in [5.74, 6) is 0.0241. The molecular weight excluding hydrogens is 540 g/mol. The fraction of sp³-hybridized carbons (Fsp3) is 0.469. The van der Waals surface area contributed by atoms with E-state index in [0.29, 0.717) is 53.2 Å². The highest BCUT2D eigenvalue weighted by Gasteiger charge is 2.51. The van der Waals surface area contributed by atoms with Crippen LogP contribution in [0, 0.1) is 5.92 Å². The van der Waals surface area contributed by atoms with Crippen molar-refractivity contribution in [2.75, 3.05) is 33.9 Å². The second kappa shape index (κ2) is 13.0. The Bertz CT molecular complexity index is 1350. The smallest absolute Gasteiger partial charge is 0.247 e. The maximum Gasteiger partial charge on any atom is 0.247 e. The SMILES string of the molecule is COc1cccc(CCN(C(=O)C2CCCC2)C2C=C(C(=O)NCCO)C3c4cc(C=O)cc(OC)c4OC3C2O)c1. The Morgan fingerprint density at radius 2 is 1.93 bits per heavy atom. The number of ether oxygens (including phenoxy) is 3. The van der Waals surface area contributed by atoms with E-state index in [1.54, 1.807) is 30.2 Å². The molecule has 4 atom stereocenters. The van der Waals surface area contributed by atoms with Crippen LogP contribution in [0.15, 0.2) is 48.0 Å². The van der Waals surface area contributed by atoms with Crippen LogP contribution in [0.4, 0.5) is 0 Å². The molecule has 1 saturated carbocycles. The molecule has 0 spiro atoms. The summed E-state index contributed by atoms with van der Waals surface area (Å²) in [7, 11) is 3.06. The van der Waals surface area contributed by atoms with Gasteiger partial charge in [-0.25, -0.2) is 0 Å². The number of carbonyl (C=O) groups is 3. The molecule has 10 nitrogen and oxygen atoms in total. The topological polar surface area (TPSA) is 135 Å². The molecule has 4 unspecified atom stereocenters. The monoisotopic (exact) mass is 578 g/mol. The van der Waals surface area contributed by atoms with E-state index in [-0.39, 0.29) is 25.0 Å². The number of carbonyl (C=O) groups excluding carboxylic acids is 3. The number of nitrogens with one attached hydrogen (secondary N) is 1. The number of fused-ring (bicyclic) bond motifs is 3. The lowest BCUT2D eigenvalue weighted by Gasteiger charge is -2.41. The molecule has 2 aromatic carbocycles. The fourth-order valence-electron chi connectivity index (χ4n) is 6.45. The number of hydrogen-bond donors (Lipinski definition) is 3. The van der Waals surface area contributed by atoms with Crippen LogP contribution in [0.1, 0.15) is 53.1 Å². The Hall–Kier alpha value is -3.89. The van der Waals surface area contributed by atoms with Crippen molar-refractivity contribution < 1.29 is 38.8 Å². The lowest BCUT2D eigenvalue weighted by atomic mass is 9.77. The summed E-state index contributed by atoms with van der Waals surface area (Å²) < 4.78 is 17.2. The predicted octanol–water partition coefficient (Wildman–Crippen LogP) is 2.40. The number of aliphatic hydroxyl groups excluding tert-OH is 2. The van der Waals surface area contributed by atoms with Gasteiger partial charge in [-0.3, -0.25) is 14.4 Å². The molecule has 2 aromatic rings. The van der Waals surface area contributed by atoms with Gasteiger partial charge in [0.25, 0.3) is 0 Å². The van der Waals surface area contributed by atoms with Gasteiger partial charge in [0.1, 0.15) is 24.2 Å². The van der Waals surface area contributed by atoms with Crippen molar-refractivity contribution in [3.05, 3.63) is 64.7 Å². The first-order valence-corrected chi connectivity index (χ1v) is 14.5. The highest BCUT2D eigenvalue weighted by molar-refractivity contribution is 5.96. The van der Waals surface area contributed by atoms with Gasteiger partial charge in [0.2, 0.25) is 11.8 Å². The van der Waals surface area contributed by atoms with Crippen molar-refractivity contribution in [1.29, 1.82) is 0 Å². The van der Waals surface area contributed by atoms with Crippen LogP contribution < -0.4 is 19.5 Å². The van der Waals surface area contributed by atoms with Crippen molar-refractivity contribution >= 4 is 18.1 Å². The van der Waals surface area contributed by atoms with Gasteiger partial charge in [-0.1, -0.05) is 25.0 Å². The maximum absolute atomic E-state index is 14.0. The van der Waals surface area contributed by atoms with E-state index >= 15 is 0 Å². The summed E-state index contributed by atoms with van der Waals surface area (Å²) in [5.41, 5.74) is 2.17. The molecular formula is C32H38N2O8. The summed E-state index contributed by atoms with van der Waals surface area (Å²) >= 11 is 0. The first-order chi connectivity index (χ1) is 20.4. The highest BCUT2D eigenvalue weighted by Crippen LogP contribution is 2.51. The number of nitrogens with zero attached hydrogens (tertiary/aromatic N) is 1. The third kappa shape index (κ3) is 5.73. The fourth-order valence-corrected chi connectivity index (χ4v) is 6.45. The van der Waals surface area contributed by atoms with Crippen LogP contribution in [-0.4, -0.2) is 85.4 Å². The summed E-state index contributed by atoms with van der Waals surface area (Å²) in [5, 5.41) is 23.9. The zero-order chi connectivity index (χ0) is 29.8. The Labute approximate surface area is 245 Å². The Morgan fingerprint density at radius 3 is 2.62 bits per heavy atom. The van der Waals surface area contributed by atoms with Gasteiger partial charge < -0.3 is 34.6 Å². The lowest BCUT2D eigenvalue weighted by molar-refractivity contribution is -0.141. The van der Waals surface area contributed by atoms with E-state index in [1.807, 2.05) is 24.3 Å². The number of aliphatic hydroxyl groups is 2. The molecule has 1 aliphatic heterocycles. The van der Waals surface area contributed by atoms with Crippen LogP contribution in [0.2, 0.25) is 0 Å². The Morgan fingerprint density at radius 1 is 1.14 bits per heavy atom. The third-order valence-corrected chi connectivity index (χ3v) is 8.53. The van der Waals surface area contributed by atoms with Crippen molar-refractivity contribution in [3.8, 4) is 17.2 Å². The molecule has 0 aromatic heterocycles. The van der Waals surface area contributed by atoms with Gasteiger partial charge >= 0.3 is 0 Å². The van der Waals surface area contributed by atoms with Crippen molar-refractivity contribution in [2.45, 2.75) is 56.3 Å². The molecule has 1 fully saturated rings. The lowest BCUT2D eigenvalue weighted by Crippen LogP contribution is -2.57. The summed E-state index contributed by atoms with van der Waals surface area (Å²) in [6.07, 6.45) is 4.30. The molecule has 0 radical (unpaired) electrons. The van der Waals surface area contributed by atoms with E-state index < -0.39 is 30.1 Å². The summed E-state index contributed by atoms with van der Waals surface area (Å²) in [6, 6.07) is 9.98. The first kappa shape index (κ1) is 29.6. The average Bonchev–Trinajstić information content (AvgIpc) is 3.69. The van der Waals surface area contributed by atoms with E-state index in [4.69, 9.17) is 14.2 Å². The van der Waals surface area contributed by atoms with Crippen LogP contribution >= 0.6 is 0 Å². The minimum Gasteiger partial charge on any atom is -0.497 e. The average molecular weight is 579 g/mol. The molecule has 3 N–H and O–H groups in total. The van der Waals surface area contributed by atoms with Crippen LogP contribution in [0.3, 0.4) is 0 Å². The van der Waals surface area contributed by atoms with Crippen LogP contribution in [0.5, 0.6) is 17.2 Å². The van der Waals surface area contributed by atoms with Gasteiger partial charge in [0.05, 0.1) is 32.8 Å². The molecule has 2 amide bonds. The highest BCUT2D eigenvalue weighted by atomic mass is 16.5. The molecule has 2 aliphatic carbocycles.